The Hall–Kier alpha value is -7.93. The second-order valence-corrected chi connectivity index (χ2v) is 24.8. The SMILES string of the molecule is C[Si](C)=[Ti+2].O=C(O)C(c1ccccc1)(c1ccccc1)c1ccccc1.O=C(O)C(c1ccccc1)(c1ccccc1)c1ccccc1.[c-]1cccc2c1Cc1ccccc1-2.[c-]1cccc2c1Cc1ccccc1-2. The van der Waals surface area contributed by atoms with Crippen molar-refractivity contribution in [2.45, 2.75) is 36.8 Å². The summed E-state index contributed by atoms with van der Waals surface area (Å²) in [6, 6.07) is 92.5. The van der Waals surface area contributed by atoms with Gasteiger partial charge in [0.2, 0.25) is 0 Å². The van der Waals surface area contributed by atoms with E-state index in [2.05, 4.69) is 117 Å². The largest absolute Gasteiger partial charge is 0.480 e. The molecule has 6 heteroatoms. The van der Waals surface area contributed by atoms with Crippen LogP contribution in [-0.4, -0.2) is 28.3 Å². The third-order valence-corrected chi connectivity index (χ3v) is 13.1. The van der Waals surface area contributed by atoms with Gasteiger partial charge in [-0.1, -0.05) is 253 Å². The zero-order valence-electron chi connectivity index (χ0n) is 41.5. The third kappa shape index (κ3) is 11.6. The Morgan fingerprint density at radius 1 is 0.365 bits per heavy atom. The Balaban J connectivity index is 0.000000131. The summed E-state index contributed by atoms with van der Waals surface area (Å²) in [6.07, 6.45) is 2.22. The molecule has 360 valence electrons. The first-order valence-corrected chi connectivity index (χ1v) is 29.5. The predicted molar refractivity (Wildman–Crippen MR) is 298 cm³/mol. The molecule has 0 spiro atoms. The van der Waals surface area contributed by atoms with Gasteiger partial charge in [-0.2, -0.15) is 59.7 Å². The summed E-state index contributed by atoms with van der Waals surface area (Å²) in [4.78, 5) is 24.8. The van der Waals surface area contributed by atoms with Gasteiger partial charge in [0.1, 0.15) is 10.8 Å². The van der Waals surface area contributed by atoms with Crippen molar-refractivity contribution in [3.05, 3.63) is 335 Å². The van der Waals surface area contributed by atoms with Crippen molar-refractivity contribution in [3.63, 3.8) is 0 Å². The van der Waals surface area contributed by atoms with Crippen LogP contribution in [0.4, 0.5) is 0 Å². The van der Waals surface area contributed by atoms with Gasteiger partial charge in [-0.05, 0) is 46.2 Å². The van der Waals surface area contributed by atoms with Gasteiger partial charge in [0.25, 0.3) is 0 Å². The van der Waals surface area contributed by atoms with Crippen LogP contribution in [-0.2, 0) is 52.4 Å². The first kappa shape index (κ1) is 52.4. The molecule has 0 unspecified atom stereocenters. The Labute approximate surface area is 447 Å². The minimum absolute atomic E-state index is 0.120. The molecule has 2 aliphatic rings. The van der Waals surface area contributed by atoms with E-state index < -0.39 is 22.8 Å². The number of carbonyl (C=O) groups is 2. The van der Waals surface area contributed by atoms with E-state index in [1.807, 2.05) is 194 Å². The normalized spacial score (nSPS) is 11.3. The van der Waals surface area contributed by atoms with Crippen LogP contribution in [0.25, 0.3) is 22.3 Å². The van der Waals surface area contributed by atoms with Crippen molar-refractivity contribution in [3.8, 4) is 22.3 Å². The molecule has 0 saturated carbocycles. The van der Waals surface area contributed by atoms with Gasteiger partial charge in [0.15, 0.2) is 0 Å². The molecule has 0 heterocycles. The Morgan fingerprint density at radius 3 is 0.824 bits per heavy atom. The molecule has 2 aliphatic carbocycles. The van der Waals surface area contributed by atoms with Crippen LogP contribution < -0.4 is 0 Å². The van der Waals surface area contributed by atoms with Crippen molar-refractivity contribution >= 4 is 18.1 Å². The van der Waals surface area contributed by atoms with Crippen molar-refractivity contribution in [2.75, 3.05) is 0 Å². The fourth-order valence-electron chi connectivity index (χ4n) is 9.87. The van der Waals surface area contributed by atoms with Crippen LogP contribution in [0.3, 0.4) is 0 Å². The number of hydrogen-bond acceptors (Lipinski definition) is 2. The van der Waals surface area contributed by atoms with E-state index >= 15 is 0 Å². The maximum Gasteiger partial charge on any atom is 0.323 e. The molecule has 0 saturated heterocycles. The van der Waals surface area contributed by atoms with Gasteiger partial charge in [0.05, 0.1) is 0 Å². The molecular formula is C68H56O4SiTi. The van der Waals surface area contributed by atoms with Crippen LogP contribution in [0.1, 0.15) is 55.6 Å². The first-order chi connectivity index (χ1) is 36.1. The van der Waals surface area contributed by atoms with Crippen LogP contribution >= 0.6 is 0 Å². The summed E-state index contributed by atoms with van der Waals surface area (Å²) in [7, 11) is 0. The minimum atomic E-state index is -1.20. The summed E-state index contributed by atoms with van der Waals surface area (Å²) in [5.74, 6) is -1.76. The fourth-order valence-corrected chi connectivity index (χ4v) is 9.87. The minimum Gasteiger partial charge on any atom is -0.480 e. The Bertz CT molecular complexity index is 2910. The van der Waals surface area contributed by atoms with Crippen LogP contribution in [0.5, 0.6) is 0 Å². The number of carboxylic acid groups (broad SMARTS) is 2. The quantitative estimate of drug-likeness (QED) is 0.0903. The van der Waals surface area contributed by atoms with Gasteiger partial charge in [-0.25, -0.2) is 0 Å². The van der Waals surface area contributed by atoms with E-state index in [1.54, 1.807) is 0 Å². The van der Waals surface area contributed by atoms with Crippen molar-refractivity contribution < 1.29 is 39.0 Å². The number of fused-ring (bicyclic) bond motifs is 6. The Morgan fingerprint density at radius 2 is 0.581 bits per heavy atom. The number of rotatable bonds is 8. The number of hydrogen-bond donors (Lipinski definition) is 2. The molecule has 2 N–H and O–H groups in total. The van der Waals surface area contributed by atoms with E-state index in [0.717, 1.165) is 46.2 Å². The summed E-state index contributed by atoms with van der Waals surface area (Å²) < 4.78 is 0. The zero-order valence-corrected chi connectivity index (χ0v) is 44.1. The summed E-state index contributed by atoms with van der Waals surface area (Å²) in [5.41, 5.74) is 13.1. The summed E-state index contributed by atoms with van der Waals surface area (Å²) >= 11 is 2.27. The average molecular weight is 1010 g/mol. The van der Waals surface area contributed by atoms with Gasteiger partial charge in [-0.3, -0.25) is 9.59 Å². The molecule has 0 aromatic heterocycles. The van der Waals surface area contributed by atoms with Gasteiger partial charge in [0, 0.05) is 0 Å². The van der Waals surface area contributed by atoms with E-state index in [9.17, 15) is 19.8 Å². The second-order valence-electron chi connectivity index (χ2n) is 18.1. The van der Waals surface area contributed by atoms with Crippen LogP contribution in [0, 0.1) is 12.1 Å². The van der Waals surface area contributed by atoms with Crippen LogP contribution in [0.2, 0.25) is 13.1 Å². The van der Waals surface area contributed by atoms with E-state index in [0.29, 0.717) is 0 Å². The zero-order chi connectivity index (χ0) is 51.8. The van der Waals surface area contributed by atoms with Crippen molar-refractivity contribution in [1.82, 2.24) is 0 Å². The molecule has 0 fully saturated rings. The molecule has 10 aromatic carbocycles. The van der Waals surface area contributed by atoms with Crippen LogP contribution in [0.15, 0.2) is 267 Å². The maximum atomic E-state index is 12.4. The Kier molecular flexibility index (Phi) is 17.8. The number of aliphatic carboxylic acids is 2. The van der Waals surface area contributed by atoms with Gasteiger partial charge in [-0.15, -0.1) is 11.1 Å². The van der Waals surface area contributed by atoms with Crippen molar-refractivity contribution in [2.24, 2.45) is 0 Å². The fraction of sp³-hybridized carbons (Fsp3) is 0.0882. The topological polar surface area (TPSA) is 74.6 Å². The monoisotopic (exact) mass is 1010 g/mol. The van der Waals surface area contributed by atoms with E-state index in [1.165, 1.54) is 44.5 Å². The maximum absolute atomic E-state index is 12.4. The molecule has 0 bridgehead atoms. The summed E-state index contributed by atoms with van der Waals surface area (Å²) in [5, 5.41) is 20.4. The molecular weight excluding hydrogens is 957 g/mol. The molecule has 10 aromatic rings. The summed E-state index contributed by atoms with van der Waals surface area (Å²) in [6.45, 7) is 4.54. The third-order valence-electron chi connectivity index (χ3n) is 13.1. The number of carboxylic acids is 2. The molecule has 0 radical (unpaired) electrons. The first-order valence-electron chi connectivity index (χ1n) is 24.6. The molecule has 74 heavy (non-hydrogen) atoms. The smallest absolute Gasteiger partial charge is 0.323 e. The molecule has 12 rings (SSSR count). The standard InChI is InChI=1S/2C20H16O2.2C13H9.C2H6Si.Ti/c2*21-19(22)20(16-10-4-1-5-11-16,17-12-6-2-7-13-17)18-14-8-3-9-15-18;2*1-3-7-12-10(5-1)9-11-6-2-4-8-13(11)12;1-3-2;/h2*1-15H,(H,21,22);2*1-5,7-8H,9H2;1-2H3;/q;;2*-1;;+2. The predicted octanol–water partition coefficient (Wildman–Crippen LogP) is 15.1. The van der Waals surface area contributed by atoms with E-state index in [4.69, 9.17) is 0 Å². The second kappa shape index (κ2) is 25.1. The molecule has 0 amide bonds. The van der Waals surface area contributed by atoms with Gasteiger partial charge < -0.3 is 10.2 Å². The number of benzene rings is 10. The molecule has 0 atom stereocenters. The molecule has 4 nitrogen and oxygen atoms in total. The average Bonchev–Trinajstić information content (AvgIpc) is 4.03. The van der Waals surface area contributed by atoms with Gasteiger partial charge >= 0.3 is 50.4 Å². The molecule has 0 aliphatic heterocycles. The van der Waals surface area contributed by atoms with E-state index in [-0.39, 0.29) is 6.19 Å². The van der Waals surface area contributed by atoms with Crippen molar-refractivity contribution in [1.29, 1.82) is 0 Å².